The van der Waals surface area contributed by atoms with Crippen LogP contribution in [0.4, 0.5) is 11.6 Å². The Morgan fingerprint density at radius 2 is 1.81 bits per heavy atom. The predicted octanol–water partition coefficient (Wildman–Crippen LogP) is 2.13. The summed E-state index contributed by atoms with van der Waals surface area (Å²) in [6.45, 7) is 7.53. The number of pyridine rings is 1. The third kappa shape index (κ3) is 3.84. The minimum Gasteiger partial charge on any atom is -0.392 e. The number of nitrogens with zero attached hydrogens (tertiary/aromatic N) is 5. The second-order valence-electron chi connectivity index (χ2n) is 8.61. The molecule has 0 amide bonds. The molecule has 2 aliphatic rings. The summed E-state index contributed by atoms with van der Waals surface area (Å²) in [6, 6.07) is 0. The first kappa shape index (κ1) is 20.8. The molecule has 2 unspecified atom stereocenters. The van der Waals surface area contributed by atoms with Crippen LogP contribution in [-0.4, -0.2) is 76.8 Å². The lowest BCUT2D eigenvalue weighted by atomic mass is 10.1. The van der Waals surface area contributed by atoms with E-state index in [1.54, 1.807) is 31.5 Å². The minimum absolute atomic E-state index is 0.399. The summed E-state index contributed by atoms with van der Waals surface area (Å²) in [5, 5.41) is 21.2. The monoisotopic (exact) mass is 443 g/mol. The minimum atomic E-state index is -0.534. The van der Waals surface area contributed by atoms with Gasteiger partial charge in [0.25, 0.3) is 0 Å². The van der Waals surface area contributed by atoms with Crippen LogP contribution in [0.25, 0.3) is 20.4 Å². The molecule has 2 N–H and O–H groups in total. The van der Waals surface area contributed by atoms with Crippen molar-refractivity contribution in [1.82, 2.24) is 15.0 Å². The fourth-order valence-corrected chi connectivity index (χ4v) is 5.99. The van der Waals surface area contributed by atoms with Gasteiger partial charge < -0.3 is 24.7 Å². The van der Waals surface area contributed by atoms with E-state index < -0.39 is 12.2 Å². The van der Waals surface area contributed by atoms with Crippen molar-refractivity contribution in [2.45, 2.75) is 45.3 Å². The summed E-state index contributed by atoms with van der Waals surface area (Å²) < 4.78 is 6.52. The Labute approximate surface area is 185 Å². The van der Waals surface area contributed by atoms with Crippen LogP contribution in [0.1, 0.15) is 31.4 Å². The quantitative estimate of drug-likeness (QED) is 0.598. The molecular weight excluding hydrogens is 414 g/mol. The van der Waals surface area contributed by atoms with Crippen LogP contribution in [0.15, 0.2) is 6.33 Å². The maximum Gasteiger partial charge on any atom is 0.150 e. The molecule has 0 spiro atoms. The molecule has 2 atom stereocenters. The lowest BCUT2D eigenvalue weighted by Crippen LogP contribution is -2.37. The van der Waals surface area contributed by atoms with Gasteiger partial charge in [-0.25, -0.2) is 15.0 Å². The Balaban J connectivity index is 1.68. The first-order valence-electron chi connectivity index (χ1n) is 11.1. The average Bonchev–Trinajstić information content (AvgIpc) is 3.36. The van der Waals surface area contributed by atoms with Gasteiger partial charge >= 0.3 is 0 Å². The van der Waals surface area contributed by atoms with Crippen LogP contribution in [0, 0.1) is 0 Å². The van der Waals surface area contributed by atoms with E-state index in [-0.39, 0.29) is 0 Å². The van der Waals surface area contributed by atoms with Gasteiger partial charge in [0.2, 0.25) is 0 Å². The number of ether oxygens (including phenoxy) is 1. The van der Waals surface area contributed by atoms with Gasteiger partial charge in [0, 0.05) is 31.6 Å². The van der Waals surface area contributed by atoms with Crippen molar-refractivity contribution in [2.75, 3.05) is 49.2 Å². The van der Waals surface area contributed by atoms with Gasteiger partial charge in [-0.3, -0.25) is 0 Å². The van der Waals surface area contributed by atoms with Crippen LogP contribution in [0.5, 0.6) is 0 Å². The number of anilines is 2. The first-order chi connectivity index (χ1) is 15.0. The third-order valence-corrected chi connectivity index (χ3v) is 7.08. The van der Waals surface area contributed by atoms with E-state index in [9.17, 15) is 10.2 Å². The van der Waals surface area contributed by atoms with Crippen LogP contribution >= 0.6 is 11.3 Å². The highest BCUT2D eigenvalue weighted by Crippen LogP contribution is 2.43. The van der Waals surface area contributed by atoms with Gasteiger partial charge in [-0.1, -0.05) is 0 Å². The summed E-state index contributed by atoms with van der Waals surface area (Å²) in [5.41, 5.74) is 3.67. The summed E-state index contributed by atoms with van der Waals surface area (Å²) in [7, 11) is 0. The van der Waals surface area contributed by atoms with Gasteiger partial charge in [-0.05, 0) is 44.2 Å². The summed E-state index contributed by atoms with van der Waals surface area (Å²) in [5.74, 6) is 1.86. The highest BCUT2D eigenvalue weighted by molar-refractivity contribution is 7.26. The molecule has 3 aromatic rings. The van der Waals surface area contributed by atoms with E-state index in [0.717, 1.165) is 77.6 Å². The molecule has 4 heterocycles. The molecule has 1 fully saturated rings. The molecule has 1 saturated heterocycles. The zero-order valence-electron chi connectivity index (χ0n) is 18.0. The number of rotatable bonds is 6. The number of hydrogen-bond donors (Lipinski definition) is 2. The van der Waals surface area contributed by atoms with Gasteiger partial charge in [0.05, 0.1) is 35.6 Å². The maximum absolute atomic E-state index is 10.0. The molecule has 0 bridgehead atoms. The predicted molar refractivity (Wildman–Crippen MR) is 123 cm³/mol. The zero-order chi connectivity index (χ0) is 21.5. The van der Waals surface area contributed by atoms with E-state index in [0.29, 0.717) is 13.1 Å². The number of morpholine rings is 1. The Kier molecular flexibility index (Phi) is 5.68. The normalized spacial score (nSPS) is 18.5. The van der Waals surface area contributed by atoms with Gasteiger partial charge in [-0.15, -0.1) is 11.3 Å². The Bertz CT molecular complexity index is 1080. The Morgan fingerprint density at radius 1 is 1.10 bits per heavy atom. The van der Waals surface area contributed by atoms with Crippen molar-refractivity contribution >= 4 is 43.4 Å². The van der Waals surface area contributed by atoms with Crippen LogP contribution in [0.2, 0.25) is 0 Å². The number of aromatic nitrogens is 3. The second-order valence-corrected chi connectivity index (χ2v) is 9.60. The molecule has 5 rings (SSSR count). The summed E-state index contributed by atoms with van der Waals surface area (Å²) in [6.07, 6.45) is 3.76. The van der Waals surface area contributed by atoms with Crippen LogP contribution in [0.3, 0.4) is 0 Å². The van der Waals surface area contributed by atoms with Gasteiger partial charge in [0.1, 0.15) is 22.8 Å². The third-order valence-electron chi connectivity index (χ3n) is 6.01. The number of thiophene rings is 1. The molecule has 31 heavy (non-hydrogen) atoms. The van der Waals surface area contributed by atoms with Gasteiger partial charge in [0.15, 0.2) is 0 Å². The van der Waals surface area contributed by atoms with E-state index in [2.05, 4.69) is 14.9 Å². The number of hydrogen-bond acceptors (Lipinski definition) is 9. The standard InChI is InChI=1S/C22H29N5O3S/c1-13(28)10-27(11-14(2)29)21-19-18(23-12-24-21)17-15-4-3-5-16(15)20(25-22(17)31-19)26-6-8-30-9-7-26/h12-14,28-29H,3-11H2,1-2H3. The topological polar surface area (TPSA) is 94.8 Å². The second kappa shape index (κ2) is 8.46. The Morgan fingerprint density at radius 3 is 2.52 bits per heavy atom. The molecule has 1 aliphatic carbocycles. The zero-order valence-corrected chi connectivity index (χ0v) is 18.9. The largest absolute Gasteiger partial charge is 0.392 e. The molecule has 1 aliphatic heterocycles. The van der Waals surface area contributed by atoms with Crippen molar-refractivity contribution in [1.29, 1.82) is 0 Å². The van der Waals surface area contributed by atoms with Crippen molar-refractivity contribution in [3.63, 3.8) is 0 Å². The number of fused-ring (bicyclic) bond motifs is 5. The number of aryl methyl sites for hydroxylation is 1. The van der Waals surface area contributed by atoms with E-state index >= 15 is 0 Å². The van der Waals surface area contributed by atoms with Crippen LogP contribution in [-0.2, 0) is 17.6 Å². The highest BCUT2D eigenvalue weighted by Gasteiger charge is 2.28. The lowest BCUT2D eigenvalue weighted by Gasteiger charge is -2.29. The maximum atomic E-state index is 10.0. The van der Waals surface area contributed by atoms with E-state index in [4.69, 9.17) is 9.72 Å². The molecule has 3 aromatic heterocycles. The van der Waals surface area contributed by atoms with Crippen molar-refractivity contribution in [3.05, 3.63) is 17.5 Å². The van der Waals surface area contributed by atoms with Crippen LogP contribution < -0.4 is 9.80 Å². The smallest absolute Gasteiger partial charge is 0.150 e. The molecule has 166 valence electrons. The lowest BCUT2D eigenvalue weighted by molar-refractivity contribution is 0.122. The van der Waals surface area contributed by atoms with Gasteiger partial charge in [-0.2, -0.15) is 0 Å². The fourth-order valence-electron chi connectivity index (χ4n) is 4.81. The molecular formula is C22H29N5O3S. The van der Waals surface area contributed by atoms with Crippen molar-refractivity contribution in [2.24, 2.45) is 0 Å². The molecule has 0 aromatic carbocycles. The average molecular weight is 444 g/mol. The Hall–Kier alpha value is -2.07. The van der Waals surface area contributed by atoms with Crippen molar-refractivity contribution < 1.29 is 14.9 Å². The molecule has 9 heteroatoms. The van der Waals surface area contributed by atoms with E-state index in [1.165, 1.54) is 11.1 Å². The summed E-state index contributed by atoms with van der Waals surface area (Å²) >= 11 is 1.62. The fraction of sp³-hybridized carbons (Fsp3) is 0.591. The van der Waals surface area contributed by atoms with E-state index in [1.807, 2.05) is 4.90 Å². The van der Waals surface area contributed by atoms with Crippen molar-refractivity contribution in [3.8, 4) is 0 Å². The summed E-state index contributed by atoms with van der Waals surface area (Å²) in [4.78, 5) is 19.7. The SMILES string of the molecule is CC(O)CN(CC(C)O)c1ncnc2c1sc1nc(N3CCOCC3)c3c(c12)CCC3. The molecule has 0 radical (unpaired) electrons. The highest BCUT2D eigenvalue weighted by atomic mass is 32.1. The number of aliphatic hydroxyl groups excluding tert-OH is 2. The molecule has 8 nitrogen and oxygen atoms in total. The number of aliphatic hydroxyl groups is 2. The first-order valence-corrected chi connectivity index (χ1v) is 11.9. The molecule has 0 saturated carbocycles.